The SMILES string of the molecule is CNC(=O)NC1CN(C(=O)C2CCCN(C(C)=O)C2)C1. The molecule has 1 atom stereocenters. The topological polar surface area (TPSA) is 81.8 Å². The molecule has 2 N–H and O–H groups in total. The number of urea groups is 1. The van der Waals surface area contributed by atoms with Gasteiger partial charge in [0.1, 0.15) is 0 Å². The van der Waals surface area contributed by atoms with E-state index in [0.717, 1.165) is 19.4 Å². The molecule has 2 fully saturated rings. The van der Waals surface area contributed by atoms with Crippen molar-refractivity contribution in [3.63, 3.8) is 0 Å². The Morgan fingerprint density at radius 1 is 1.10 bits per heavy atom. The predicted molar refractivity (Wildman–Crippen MR) is 72.9 cm³/mol. The van der Waals surface area contributed by atoms with Gasteiger partial charge in [0.15, 0.2) is 0 Å². The molecule has 0 aromatic heterocycles. The maximum atomic E-state index is 12.3. The first kappa shape index (κ1) is 14.6. The van der Waals surface area contributed by atoms with Crippen LogP contribution in [0.3, 0.4) is 0 Å². The molecule has 4 amide bonds. The summed E-state index contributed by atoms with van der Waals surface area (Å²) in [7, 11) is 1.56. The highest BCUT2D eigenvalue weighted by molar-refractivity contribution is 5.82. The van der Waals surface area contributed by atoms with Gasteiger partial charge in [-0.3, -0.25) is 9.59 Å². The van der Waals surface area contributed by atoms with E-state index in [2.05, 4.69) is 10.6 Å². The number of nitrogens with one attached hydrogen (secondary N) is 2. The molecule has 2 rings (SSSR count). The standard InChI is InChI=1S/C13H22N4O3/c1-9(18)16-5-3-4-10(6-16)12(19)17-7-11(8-17)15-13(20)14-2/h10-11H,3-8H2,1-2H3,(H2,14,15,20). The molecule has 0 saturated carbocycles. The first-order valence-corrected chi connectivity index (χ1v) is 7.03. The van der Waals surface area contributed by atoms with Gasteiger partial charge in [0, 0.05) is 40.2 Å². The average Bonchev–Trinajstić information content (AvgIpc) is 2.41. The molecule has 0 aliphatic carbocycles. The number of hydrogen-bond acceptors (Lipinski definition) is 3. The molecule has 0 aromatic rings. The largest absolute Gasteiger partial charge is 0.342 e. The Labute approximate surface area is 118 Å². The van der Waals surface area contributed by atoms with Gasteiger partial charge in [-0.05, 0) is 12.8 Å². The number of carbonyl (C=O) groups excluding carboxylic acids is 3. The number of rotatable bonds is 2. The van der Waals surface area contributed by atoms with Crippen LogP contribution in [0.25, 0.3) is 0 Å². The first-order chi connectivity index (χ1) is 9.51. The minimum Gasteiger partial charge on any atom is -0.342 e. The van der Waals surface area contributed by atoms with Gasteiger partial charge >= 0.3 is 6.03 Å². The van der Waals surface area contributed by atoms with E-state index in [9.17, 15) is 14.4 Å². The summed E-state index contributed by atoms with van der Waals surface area (Å²) in [6.07, 6.45) is 1.72. The molecule has 0 radical (unpaired) electrons. The molecular formula is C13H22N4O3. The highest BCUT2D eigenvalue weighted by Crippen LogP contribution is 2.21. The summed E-state index contributed by atoms with van der Waals surface area (Å²) >= 11 is 0. The third-order valence-electron chi connectivity index (χ3n) is 3.97. The van der Waals surface area contributed by atoms with Crippen molar-refractivity contribution in [1.29, 1.82) is 0 Å². The van der Waals surface area contributed by atoms with Crippen molar-refractivity contribution < 1.29 is 14.4 Å². The lowest BCUT2D eigenvalue weighted by molar-refractivity contribution is -0.144. The number of likely N-dealkylation sites (tertiary alicyclic amines) is 2. The van der Waals surface area contributed by atoms with Gasteiger partial charge in [-0.1, -0.05) is 0 Å². The van der Waals surface area contributed by atoms with E-state index in [-0.39, 0.29) is 29.8 Å². The molecule has 2 saturated heterocycles. The Hall–Kier alpha value is -1.79. The summed E-state index contributed by atoms with van der Waals surface area (Å²) in [5.41, 5.74) is 0. The van der Waals surface area contributed by atoms with Crippen molar-refractivity contribution in [1.82, 2.24) is 20.4 Å². The smallest absolute Gasteiger partial charge is 0.314 e. The Morgan fingerprint density at radius 3 is 2.40 bits per heavy atom. The summed E-state index contributed by atoms with van der Waals surface area (Å²) in [6.45, 7) is 3.93. The molecule has 2 heterocycles. The van der Waals surface area contributed by atoms with Gasteiger partial charge in [0.25, 0.3) is 0 Å². The Balaban J connectivity index is 1.78. The van der Waals surface area contributed by atoms with Crippen molar-refractivity contribution >= 4 is 17.8 Å². The van der Waals surface area contributed by atoms with E-state index < -0.39 is 0 Å². The summed E-state index contributed by atoms with van der Waals surface area (Å²) in [6, 6.07) is -0.186. The number of nitrogens with zero attached hydrogens (tertiary/aromatic N) is 2. The van der Waals surface area contributed by atoms with Crippen LogP contribution in [0.5, 0.6) is 0 Å². The second-order valence-electron chi connectivity index (χ2n) is 5.47. The van der Waals surface area contributed by atoms with Crippen LogP contribution in [0.1, 0.15) is 19.8 Å². The molecule has 20 heavy (non-hydrogen) atoms. The fraction of sp³-hybridized carbons (Fsp3) is 0.769. The molecule has 7 heteroatoms. The summed E-state index contributed by atoms with van der Waals surface area (Å²) in [5, 5.41) is 5.26. The van der Waals surface area contributed by atoms with Crippen LogP contribution in [0.4, 0.5) is 4.79 Å². The van der Waals surface area contributed by atoms with E-state index >= 15 is 0 Å². The highest BCUT2D eigenvalue weighted by atomic mass is 16.2. The molecule has 0 spiro atoms. The monoisotopic (exact) mass is 282 g/mol. The van der Waals surface area contributed by atoms with Crippen LogP contribution in [0.2, 0.25) is 0 Å². The van der Waals surface area contributed by atoms with Crippen LogP contribution < -0.4 is 10.6 Å². The van der Waals surface area contributed by atoms with Crippen molar-refractivity contribution in [2.45, 2.75) is 25.8 Å². The number of amides is 4. The van der Waals surface area contributed by atoms with E-state index in [4.69, 9.17) is 0 Å². The molecule has 112 valence electrons. The molecular weight excluding hydrogens is 260 g/mol. The maximum absolute atomic E-state index is 12.3. The van der Waals surface area contributed by atoms with E-state index in [1.807, 2.05) is 0 Å². The van der Waals surface area contributed by atoms with Gasteiger partial charge in [-0.25, -0.2) is 4.79 Å². The molecule has 0 aromatic carbocycles. The van der Waals surface area contributed by atoms with Crippen LogP contribution in [-0.4, -0.2) is 66.9 Å². The molecule has 7 nitrogen and oxygen atoms in total. The van der Waals surface area contributed by atoms with Gasteiger partial charge in [-0.15, -0.1) is 0 Å². The number of piperidine rings is 1. The minimum absolute atomic E-state index is 0.0327. The third kappa shape index (κ3) is 3.20. The maximum Gasteiger partial charge on any atom is 0.314 e. The van der Waals surface area contributed by atoms with Crippen molar-refractivity contribution in [2.75, 3.05) is 33.2 Å². The molecule has 1 unspecified atom stereocenters. The molecule has 0 bridgehead atoms. The Bertz CT molecular complexity index is 406. The van der Waals surface area contributed by atoms with Crippen LogP contribution in [0, 0.1) is 5.92 Å². The van der Waals surface area contributed by atoms with Gasteiger partial charge in [0.05, 0.1) is 12.0 Å². The summed E-state index contributed by atoms with van der Waals surface area (Å²) < 4.78 is 0. The average molecular weight is 282 g/mol. The quantitative estimate of drug-likeness (QED) is 0.708. The van der Waals surface area contributed by atoms with Gasteiger partial charge in [0.2, 0.25) is 11.8 Å². The molecule has 2 aliphatic rings. The zero-order chi connectivity index (χ0) is 14.7. The Morgan fingerprint density at radius 2 is 1.80 bits per heavy atom. The third-order valence-corrected chi connectivity index (χ3v) is 3.97. The highest BCUT2D eigenvalue weighted by Gasteiger charge is 2.37. The normalized spacial score (nSPS) is 23.0. The second kappa shape index (κ2) is 6.11. The Kier molecular flexibility index (Phi) is 4.46. The summed E-state index contributed by atoms with van der Waals surface area (Å²) in [5.74, 6) is 0.0461. The first-order valence-electron chi connectivity index (χ1n) is 7.03. The van der Waals surface area contributed by atoms with Crippen LogP contribution in [0.15, 0.2) is 0 Å². The lowest BCUT2D eigenvalue weighted by atomic mass is 9.94. The fourth-order valence-electron chi connectivity index (χ4n) is 2.73. The van der Waals surface area contributed by atoms with Crippen molar-refractivity contribution in [3.8, 4) is 0 Å². The minimum atomic E-state index is -0.220. The number of hydrogen-bond donors (Lipinski definition) is 2. The predicted octanol–water partition coefficient (Wildman–Crippen LogP) is -0.615. The van der Waals surface area contributed by atoms with Gasteiger partial charge in [-0.2, -0.15) is 0 Å². The zero-order valence-electron chi connectivity index (χ0n) is 12.0. The molecule has 2 aliphatic heterocycles. The van der Waals surface area contributed by atoms with Crippen molar-refractivity contribution in [2.24, 2.45) is 5.92 Å². The van der Waals surface area contributed by atoms with Crippen molar-refractivity contribution in [3.05, 3.63) is 0 Å². The summed E-state index contributed by atoms with van der Waals surface area (Å²) in [4.78, 5) is 38.3. The van der Waals surface area contributed by atoms with Crippen LogP contribution in [-0.2, 0) is 9.59 Å². The fourth-order valence-corrected chi connectivity index (χ4v) is 2.73. The van der Waals surface area contributed by atoms with E-state index in [1.165, 1.54) is 0 Å². The second-order valence-corrected chi connectivity index (χ2v) is 5.47. The lowest BCUT2D eigenvalue weighted by Gasteiger charge is -2.42. The number of carbonyl (C=O) groups is 3. The lowest BCUT2D eigenvalue weighted by Crippen LogP contribution is -2.63. The van der Waals surface area contributed by atoms with Gasteiger partial charge < -0.3 is 20.4 Å². The van der Waals surface area contributed by atoms with E-state index in [0.29, 0.717) is 19.6 Å². The zero-order valence-corrected chi connectivity index (χ0v) is 12.0. The van der Waals surface area contributed by atoms with Crippen LogP contribution >= 0.6 is 0 Å². The van der Waals surface area contributed by atoms with E-state index in [1.54, 1.807) is 23.8 Å².